The number of hydrogen-bond acceptors (Lipinski definition) is 1. The Morgan fingerprint density at radius 3 is 2.50 bits per heavy atom. The second-order valence-electron chi connectivity index (χ2n) is 2.92. The Hall–Kier alpha value is -1.49. The maximum Gasteiger partial charge on any atom is 0.254 e. The van der Waals surface area contributed by atoms with Gasteiger partial charge in [-0.05, 0) is 12.1 Å². The molecule has 0 unspecified atom stereocenters. The van der Waals surface area contributed by atoms with Gasteiger partial charge < -0.3 is 5.32 Å². The lowest BCUT2D eigenvalue weighted by molar-refractivity contribution is 0.0952. The van der Waals surface area contributed by atoms with E-state index < -0.39 is 28.9 Å². The van der Waals surface area contributed by atoms with Gasteiger partial charge in [0.1, 0.15) is 0 Å². The first-order valence-corrected chi connectivity index (χ1v) is 4.56. The Morgan fingerprint density at radius 1 is 1.31 bits per heavy atom. The van der Waals surface area contributed by atoms with Gasteiger partial charge in [-0.25, -0.2) is 13.2 Å². The van der Waals surface area contributed by atoms with Gasteiger partial charge in [-0.3, -0.25) is 4.79 Å². The highest BCUT2D eigenvalue weighted by Crippen LogP contribution is 2.15. The molecule has 0 fully saturated rings. The van der Waals surface area contributed by atoms with Crippen LogP contribution in [-0.2, 0) is 0 Å². The first-order valence-electron chi connectivity index (χ1n) is 4.18. The van der Waals surface area contributed by atoms with Crippen molar-refractivity contribution in [3.05, 3.63) is 46.8 Å². The summed E-state index contributed by atoms with van der Waals surface area (Å²) in [6, 6.07) is 1.52. The third-order valence-electron chi connectivity index (χ3n) is 1.72. The summed E-state index contributed by atoms with van der Waals surface area (Å²) in [5.41, 5.74) is -0.586. The zero-order chi connectivity index (χ0) is 12.3. The second kappa shape index (κ2) is 5.03. The van der Waals surface area contributed by atoms with E-state index in [0.29, 0.717) is 6.07 Å². The minimum atomic E-state index is -1.68. The number of carbonyl (C=O) groups excluding carboxylic acids is 1. The van der Waals surface area contributed by atoms with E-state index >= 15 is 0 Å². The molecule has 86 valence electrons. The topological polar surface area (TPSA) is 29.1 Å². The van der Waals surface area contributed by atoms with Crippen molar-refractivity contribution in [2.45, 2.75) is 0 Å². The lowest BCUT2D eigenvalue weighted by Crippen LogP contribution is -2.25. The van der Waals surface area contributed by atoms with E-state index in [9.17, 15) is 18.0 Å². The van der Waals surface area contributed by atoms with Gasteiger partial charge in [0.25, 0.3) is 5.91 Å². The average Bonchev–Trinajstić information content (AvgIpc) is 2.23. The van der Waals surface area contributed by atoms with Crippen LogP contribution in [0.1, 0.15) is 10.4 Å². The number of hydrogen-bond donors (Lipinski definition) is 1. The van der Waals surface area contributed by atoms with Crippen molar-refractivity contribution in [2.24, 2.45) is 0 Å². The lowest BCUT2D eigenvalue weighted by atomic mass is 10.2. The van der Waals surface area contributed by atoms with Crippen molar-refractivity contribution in [3.8, 4) is 0 Å². The average molecular weight is 250 g/mol. The number of carbonyl (C=O) groups is 1. The van der Waals surface area contributed by atoms with Crippen molar-refractivity contribution in [2.75, 3.05) is 6.54 Å². The fourth-order valence-corrected chi connectivity index (χ4v) is 1.04. The molecular formula is C10H7ClF3NO. The smallest absolute Gasteiger partial charge is 0.254 e. The molecule has 2 nitrogen and oxygen atoms in total. The van der Waals surface area contributed by atoms with Crippen LogP contribution in [0, 0.1) is 17.5 Å². The maximum absolute atomic E-state index is 13.1. The largest absolute Gasteiger partial charge is 0.347 e. The zero-order valence-corrected chi connectivity index (χ0v) is 8.74. The summed E-state index contributed by atoms with van der Waals surface area (Å²) in [7, 11) is 0. The SMILES string of the molecule is C=C(Cl)CNC(=O)c1ccc(F)c(F)c1F. The molecule has 1 aromatic rings. The molecule has 0 atom stereocenters. The molecule has 16 heavy (non-hydrogen) atoms. The molecule has 0 radical (unpaired) electrons. The van der Waals surface area contributed by atoms with E-state index in [4.69, 9.17) is 11.6 Å². The predicted octanol–water partition coefficient (Wildman–Crippen LogP) is 2.59. The Morgan fingerprint density at radius 2 is 1.94 bits per heavy atom. The zero-order valence-electron chi connectivity index (χ0n) is 7.99. The van der Waals surface area contributed by atoms with Crippen LogP contribution in [-0.4, -0.2) is 12.5 Å². The van der Waals surface area contributed by atoms with Crippen LogP contribution in [0.3, 0.4) is 0 Å². The number of halogens is 4. The van der Waals surface area contributed by atoms with Crippen molar-refractivity contribution in [1.29, 1.82) is 0 Å². The molecule has 0 spiro atoms. The quantitative estimate of drug-likeness (QED) is 0.820. The first-order chi connectivity index (χ1) is 7.43. The molecule has 0 saturated carbocycles. The van der Waals surface area contributed by atoms with Gasteiger partial charge in [0, 0.05) is 5.03 Å². The van der Waals surface area contributed by atoms with Crippen LogP contribution in [0.5, 0.6) is 0 Å². The van der Waals surface area contributed by atoms with Crippen molar-refractivity contribution in [3.63, 3.8) is 0 Å². The molecule has 1 aromatic carbocycles. The van der Waals surface area contributed by atoms with E-state index in [0.717, 1.165) is 6.07 Å². The molecule has 1 rings (SSSR count). The molecule has 0 aliphatic rings. The van der Waals surface area contributed by atoms with E-state index in [-0.39, 0.29) is 11.6 Å². The third kappa shape index (κ3) is 2.76. The van der Waals surface area contributed by atoms with E-state index in [1.54, 1.807) is 0 Å². The molecular weight excluding hydrogens is 243 g/mol. The Balaban J connectivity index is 2.92. The van der Waals surface area contributed by atoms with Crippen molar-refractivity contribution < 1.29 is 18.0 Å². The Labute approximate surface area is 94.7 Å². The van der Waals surface area contributed by atoms with Gasteiger partial charge in [-0.2, -0.15) is 0 Å². The molecule has 6 heteroatoms. The number of nitrogens with one attached hydrogen (secondary N) is 1. The number of benzene rings is 1. The lowest BCUT2D eigenvalue weighted by Gasteiger charge is -2.05. The highest BCUT2D eigenvalue weighted by molar-refractivity contribution is 6.29. The van der Waals surface area contributed by atoms with Gasteiger partial charge in [-0.15, -0.1) is 0 Å². The van der Waals surface area contributed by atoms with Crippen LogP contribution in [0.15, 0.2) is 23.7 Å². The van der Waals surface area contributed by atoms with Gasteiger partial charge in [0.15, 0.2) is 17.5 Å². The summed E-state index contributed by atoms with van der Waals surface area (Å²) in [6.45, 7) is 3.21. The number of rotatable bonds is 3. The van der Waals surface area contributed by atoms with Crippen molar-refractivity contribution in [1.82, 2.24) is 5.32 Å². The van der Waals surface area contributed by atoms with E-state index in [1.807, 2.05) is 0 Å². The predicted molar refractivity (Wildman–Crippen MR) is 53.6 cm³/mol. The van der Waals surface area contributed by atoms with Crippen LogP contribution < -0.4 is 5.32 Å². The summed E-state index contributed by atoms with van der Waals surface area (Å²) in [5, 5.41) is 2.32. The monoisotopic (exact) mass is 249 g/mol. The minimum absolute atomic E-state index is 0.0845. The normalized spacial score (nSPS) is 10.0. The third-order valence-corrected chi connectivity index (χ3v) is 1.85. The summed E-state index contributed by atoms with van der Waals surface area (Å²) < 4.78 is 38.4. The van der Waals surface area contributed by atoms with Crippen LogP contribution in [0.25, 0.3) is 0 Å². The molecule has 0 saturated heterocycles. The molecule has 0 aromatic heterocycles. The first kappa shape index (κ1) is 12.6. The van der Waals surface area contributed by atoms with Gasteiger partial charge in [-0.1, -0.05) is 18.2 Å². The molecule has 0 heterocycles. The van der Waals surface area contributed by atoms with Crippen LogP contribution >= 0.6 is 11.6 Å². The standard InChI is InChI=1S/C10H7ClF3NO/c1-5(11)4-15-10(16)6-2-3-7(12)9(14)8(6)13/h2-3H,1,4H2,(H,15,16). The van der Waals surface area contributed by atoms with Gasteiger partial charge in [0.2, 0.25) is 0 Å². The highest BCUT2D eigenvalue weighted by atomic mass is 35.5. The van der Waals surface area contributed by atoms with Gasteiger partial charge >= 0.3 is 0 Å². The number of amides is 1. The van der Waals surface area contributed by atoms with E-state index in [1.165, 1.54) is 0 Å². The fourth-order valence-electron chi connectivity index (χ4n) is 0.973. The Bertz CT molecular complexity index is 448. The Kier molecular flexibility index (Phi) is 3.95. The highest BCUT2D eigenvalue weighted by Gasteiger charge is 2.18. The van der Waals surface area contributed by atoms with Crippen LogP contribution in [0.4, 0.5) is 13.2 Å². The van der Waals surface area contributed by atoms with Crippen LogP contribution in [0.2, 0.25) is 0 Å². The maximum atomic E-state index is 13.1. The van der Waals surface area contributed by atoms with Gasteiger partial charge in [0.05, 0.1) is 12.1 Å². The summed E-state index contributed by atoms with van der Waals surface area (Å²) in [5.74, 6) is -5.45. The summed E-state index contributed by atoms with van der Waals surface area (Å²) in [4.78, 5) is 11.3. The minimum Gasteiger partial charge on any atom is -0.347 e. The molecule has 0 bridgehead atoms. The molecule has 1 amide bonds. The second-order valence-corrected chi connectivity index (χ2v) is 3.46. The summed E-state index contributed by atoms with van der Waals surface area (Å²) >= 11 is 5.37. The fraction of sp³-hybridized carbons (Fsp3) is 0.100. The van der Waals surface area contributed by atoms with Crippen molar-refractivity contribution >= 4 is 17.5 Å². The summed E-state index contributed by atoms with van der Waals surface area (Å²) in [6.07, 6.45) is 0. The molecule has 0 aliphatic heterocycles. The van der Waals surface area contributed by atoms with E-state index in [2.05, 4.69) is 11.9 Å². The molecule has 1 N–H and O–H groups in total. The molecule has 0 aliphatic carbocycles.